The van der Waals surface area contributed by atoms with Crippen molar-refractivity contribution in [2.75, 3.05) is 5.32 Å². The van der Waals surface area contributed by atoms with Crippen molar-refractivity contribution in [3.05, 3.63) is 59.5 Å². The van der Waals surface area contributed by atoms with E-state index in [1.807, 2.05) is 47.8 Å². The number of hydrogen-bond acceptors (Lipinski definition) is 5. The van der Waals surface area contributed by atoms with Crippen molar-refractivity contribution in [3.8, 4) is 17.0 Å². The molecule has 5 nitrogen and oxygen atoms in total. The van der Waals surface area contributed by atoms with Crippen LogP contribution in [0, 0.1) is 0 Å². The van der Waals surface area contributed by atoms with Crippen LogP contribution in [0.25, 0.3) is 11.3 Å². The molecular formula is C22H23N3O2S. The molecule has 1 aliphatic carbocycles. The number of nitrogens with zero attached hydrogens (tertiary/aromatic N) is 2. The molecular weight excluding hydrogens is 370 g/mol. The zero-order valence-electron chi connectivity index (χ0n) is 15.6. The molecule has 0 aliphatic heterocycles. The summed E-state index contributed by atoms with van der Waals surface area (Å²) in [7, 11) is 0. The summed E-state index contributed by atoms with van der Waals surface area (Å²) in [4.78, 5) is 12.3. The van der Waals surface area contributed by atoms with Crippen LogP contribution in [0.4, 0.5) is 5.69 Å². The topological polar surface area (TPSA) is 64.1 Å². The molecule has 0 atom stereocenters. The number of hydrogen-bond donors (Lipinski definition) is 1. The quantitative estimate of drug-likeness (QED) is 0.607. The summed E-state index contributed by atoms with van der Waals surface area (Å²) in [5.74, 6) is 0.919. The number of carbonyl (C=O) groups excluding carboxylic acids is 1. The summed E-state index contributed by atoms with van der Waals surface area (Å²) in [6.07, 6.45) is 6.27. The fraction of sp³-hybridized carbons (Fsp3) is 0.318. The second-order valence-corrected chi connectivity index (χ2v) is 7.70. The number of aryl methyl sites for hydroxylation is 1. The minimum atomic E-state index is 0.00480. The van der Waals surface area contributed by atoms with Crippen LogP contribution >= 0.6 is 11.5 Å². The number of aromatic nitrogens is 2. The molecule has 1 heterocycles. The molecule has 0 saturated heterocycles. The Kier molecular flexibility index (Phi) is 5.97. The first-order valence-corrected chi connectivity index (χ1v) is 10.5. The number of ether oxygens (including phenoxy) is 1. The first-order valence-electron chi connectivity index (χ1n) is 9.69. The number of nitrogens with one attached hydrogen (secondary N) is 1. The summed E-state index contributed by atoms with van der Waals surface area (Å²) >= 11 is 1.32. The van der Waals surface area contributed by atoms with Crippen LogP contribution in [0.15, 0.2) is 53.9 Å². The second kappa shape index (κ2) is 8.97. The van der Waals surface area contributed by atoms with E-state index in [1.54, 1.807) is 0 Å². The maximum Gasteiger partial charge on any atom is 0.224 e. The lowest BCUT2D eigenvalue weighted by Gasteiger charge is -2.14. The molecule has 0 bridgehead atoms. The van der Waals surface area contributed by atoms with E-state index in [1.165, 1.54) is 24.4 Å². The highest BCUT2D eigenvalue weighted by molar-refractivity contribution is 7.03. The van der Waals surface area contributed by atoms with Gasteiger partial charge in [-0.15, -0.1) is 5.10 Å². The summed E-state index contributed by atoms with van der Waals surface area (Å²) in [6.45, 7) is 0. The largest absolute Gasteiger partial charge is 0.490 e. The SMILES string of the molecule is O=C(CCc1cccc(OC2CCCC2)c1)Nc1ccc(-c2csnn2)cc1. The lowest BCUT2D eigenvalue weighted by molar-refractivity contribution is -0.116. The van der Waals surface area contributed by atoms with Crippen LogP contribution in [0.5, 0.6) is 5.75 Å². The predicted octanol–water partition coefficient (Wildman–Crippen LogP) is 5.10. The molecule has 4 rings (SSSR count). The van der Waals surface area contributed by atoms with Gasteiger partial charge in [0.25, 0.3) is 0 Å². The highest BCUT2D eigenvalue weighted by Crippen LogP contribution is 2.25. The number of carbonyl (C=O) groups is 1. The van der Waals surface area contributed by atoms with E-state index >= 15 is 0 Å². The molecule has 144 valence electrons. The Morgan fingerprint density at radius 1 is 1.14 bits per heavy atom. The fourth-order valence-corrected chi connectivity index (χ4v) is 3.93. The van der Waals surface area contributed by atoms with Gasteiger partial charge in [-0.25, -0.2) is 0 Å². The molecule has 0 radical (unpaired) electrons. The van der Waals surface area contributed by atoms with E-state index in [4.69, 9.17) is 4.74 Å². The predicted molar refractivity (Wildman–Crippen MR) is 112 cm³/mol. The Morgan fingerprint density at radius 2 is 1.96 bits per heavy atom. The van der Waals surface area contributed by atoms with Crippen molar-refractivity contribution >= 4 is 23.1 Å². The lowest BCUT2D eigenvalue weighted by Crippen LogP contribution is -2.13. The van der Waals surface area contributed by atoms with Crippen LogP contribution in [-0.4, -0.2) is 21.6 Å². The van der Waals surface area contributed by atoms with Crippen molar-refractivity contribution in [1.82, 2.24) is 9.59 Å². The number of rotatable bonds is 7. The van der Waals surface area contributed by atoms with E-state index < -0.39 is 0 Å². The van der Waals surface area contributed by atoms with E-state index in [-0.39, 0.29) is 5.91 Å². The Hall–Kier alpha value is -2.73. The van der Waals surface area contributed by atoms with Crippen molar-refractivity contribution in [2.24, 2.45) is 0 Å². The Bertz CT molecular complexity index is 904. The molecule has 0 spiro atoms. The van der Waals surface area contributed by atoms with Gasteiger partial charge >= 0.3 is 0 Å². The average Bonchev–Trinajstić information content (AvgIpc) is 3.42. The zero-order valence-corrected chi connectivity index (χ0v) is 16.5. The molecule has 1 amide bonds. The normalized spacial score (nSPS) is 14.1. The molecule has 6 heteroatoms. The van der Waals surface area contributed by atoms with Crippen LogP contribution in [0.1, 0.15) is 37.7 Å². The molecule has 2 aromatic carbocycles. The van der Waals surface area contributed by atoms with Gasteiger partial charge in [-0.2, -0.15) is 0 Å². The van der Waals surface area contributed by atoms with Gasteiger partial charge in [0.2, 0.25) is 5.91 Å². The summed E-state index contributed by atoms with van der Waals surface area (Å²) in [5, 5.41) is 8.91. The average molecular weight is 394 g/mol. The third kappa shape index (κ3) is 4.95. The van der Waals surface area contributed by atoms with Gasteiger partial charge < -0.3 is 10.1 Å². The molecule has 28 heavy (non-hydrogen) atoms. The molecule has 1 N–H and O–H groups in total. The first-order chi connectivity index (χ1) is 13.8. The Labute approximate surface area is 168 Å². The van der Waals surface area contributed by atoms with Gasteiger partial charge in [0.15, 0.2) is 0 Å². The summed E-state index contributed by atoms with van der Waals surface area (Å²) in [6, 6.07) is 15.8. The van der Waals surface area contributed by atoms with Gasteiger partial charge in [-0.3, -0.25) is 4.79 Å². The van der Waals surface area contributed by atoms with Crippen LogP contribution < -0.4 is 10.1 Å². The molecule has 1 saturated carbocycles. The molecule has 1 fully saturated rings. The summed E-state index contributed by atoms with van der Waals surface area (Å²) < 4.78 is 9.92. The van der Waals surface area contributed by atoms with Gasteiger partial charge in [-0.05, 0) is 73.5 Å². The van der Waals surface area contributed by atoms with Gasteiger partial charge in [0.05, 0.1) is 6.10 Å². The van der Waals surface area contributed by atoms with Gasteiger partial charge in [0.1, 0.15) is 11.4 Å². The maximum absolute atomic E-state index is 12.3. The van der Waals surface area contributed by atoms with E-state index in [0.717, 1.165) is 41.1 Å². The monoisotopic (exact) mass is 393 g/mol. The zero-order chi connectivity index (χ0) is 19.2. The maximum atomic E-state index is 12.3. The van der Waals surface area contributed by atoms with Gasteiger partial charge in [-0.1, -0.05) is 28.8 Å². The highest BCUT2D eigenvalue weighted by atomic mass is 32.1. The number of benzene rings is 2. The van der Waals surface area contributed by atoms with Crippen LogP contribution in [0.2, 0.25) is 0 Å². The number of anilines is 1. The van der Waals surface area contributed by atoms with Crippen molar-refractivity contribution in [3.63, 3.8) is 0 Å². The molecule has 1 aromatic heterocycles. The van der Waals surface area contributed by atoms with Crippen LogP contribution in [0.3, 0.4) is 0 Å². The second-order valence-electron chi connectivity index (χ2n) is 7.09. The van der Waals surface area contributed by atoms with Crippen molar-refractivity contribution in [1.29, 1.82) is 0 Å². The molecule has 1 aliphatic rings. The summed E-state index contributed by atoms with van der Waals surface area (Å²) in [5.41, 5.74) is 3.75. The minimum absolute atomic E-state index is 0.00480. The van der Waals surface area contributed by atoms with E-state index in [2.05, 4.69) is 21.0 Å². The van der Waals surface area contributed by atoms with Gasteiger partial charge in [0, 0.05) is 23.1 Å². The Morgan fingerprint density at radius 3 is 2.71 bits per heavy atom. The minimum Gasteiger partial charge on any atom is -0.490 e. The third-order valence-corrected chi connectivity index (χ3v) is 5.47. The standard InChI is InChI=1S/C22H23N3O2S/c26-22(23-18-11-9-17(10-12-18)21-15-28-25-24-21)13-8-16-4-3-7-20(14-16)27-19-5-1-2-6-19/h3-4,7,9-12,14-15,19H,1-2,5-6,8,13H2,(H,23,26). The van der Waals surface area contributed by atoms with Crippen molar-refractivity contribution < 1.29 is 9.53 Å². The molecule has 3 aromatic rings. The van der Waals surface area contributed by atoms with Crippen molar-refractivity contribution in [2.45, 2.75) is 44.6 Å². The first kappa shape index (κ1) is 18.6. The third-order valence-electron chi connectivity index (χ3n) is 4.97. The lowest BCUT2D eigenvalue weighted by atomic mass is 10.1. The molecule has 0 unspecified atom stereocenters. The Balaban J connectivity index is 1.28. The highest BCUT2D eigenvalue weighted by Gasteiger charge is 2.16. The van der Waals surface area contributed by atoms with E-state index in [9.17, 15) is 4.79 Å². The smallest absolute Gasteiger partial charge is 0.224 e. The number of amides is 1. The fourth-order valence-electron chi connectivity index (χ4n) is 3.47. The van der Waals surface area contributed by atoms with E-state index in [0.29, 0.717) is 18.9 Å². The van der Waals surface area contributed by atoms with Crippen LogP contribution in [-0.2, 0) is 11.2 Å².